The van der Waals surface area contributed by atoms with Crippen LogP contribution in [0.5, 0.6) is 17.2 Å². The average Bonchev–Trinajstić information content (AvgIpc) is 2.62. The summed E-state index contributed by atoms with van der Waals surface area (Å²) in [6, 6.07) is 8.07. The van der Waals surface area contributed by atoms with Crippen LogP contribution in [-0.4, -0.2) is 26.2 Å². The lowest BCUT2D eigenvalue weighted by atomic mass is 10.1. The summed E-state index contributed by atoms with van der Waals surface area (Å²) in [6.07, 6.45) is 2.99. The number of benzene rings is 2. The molecule has 0 unspecified atom stereocenters. The van der Waals surface area contributed by atoms with Gasteiger partial charge in [0.15, 0.2) is 11.5 Å². The molecule has 1 heterocycles. The van der Waals surface area contributed by atoms with Crippen LogP contribution in [0.3, 0.4) is 0 Å². The molecule has 1 aliphatic heterocycles. The van der Waals surface area contributed by atoms with E-state index in [2.05, 4.69) is 5.32 Å². The first-order valence-corrected chi connectivity index (χ1v) is 7.79. The molecule has 0 saturated heterocycles. The highest BCUT2D eigenvalue weighted by molar-refractivity contribution is 6.02. The molecule has 5 nitrogen and oxygen atoms in total. The number of carbonyl (C=O) groups excluding carboxylic acids is 1. The Morgan fingerprint density at radius 1 is 1.24 bits per heavy atom. The zero-order valence-electron chi connectivity index (χ0n) is 14.0. The van der Waals surface area contributed by atoms with E-state index in [9.17, 15) is 9.18 Å². The van der Waals surface area contributed by atoms with Crippen LogP contribution in [0.1, 0.15) is 11.1 Å². The van der Waals surface area contributed by atoms with Crippen LogP contribution >= 0.6 is 0 Å². The van der Waals surface area contributed by atoms with Crippen LogP contribution in [0.2, 0.25) is 0 Å². The molecule has 2 aromatic carbocycles. The largest absolute Gasteiger partial charge is 0.493 e. The van der Waals surface area contributed by atoms with E-state index in [4.69, 9.17) is 14.2 Å². The van der Waals surface area contributed by atoms with Crippen LogP contribution in [0.4, 0.5) is 10.1 Å². The van der Waals surface area contributed by atoms with Crippen LogP contribution < -0.4 is 19.5 Å². The summed E-state index contributed by atoms with van der Waals surface area (Å²) in [7, 11) is 1.54. The molecule has 0 bridgehead atoms. The van der Waals surface area contributed by atoms with Crippen molar-refractivity contribution in [1.29, 1.82) is 0 Å². The number of methoxy groups -OCH3 is 1. The summed E-state index contributed by atoms with van der Waals surface area (Å²) in [6.45, 7) is 2.59. The highest BCUT2D eigenvalue weighted by Gasteiger charge is 2.17. The third kappa shape index (κ3) is 3.91. The lowest BCUT2D eigenvalue weighted by Gasteiger charge is -2.20. The molecule has 0 radical (unpaired) electrons. The van der Waals surface area contributed by atoms with Crippen molar-refractivity contribution in [2.45, 2.75) is 6.92 Å². The van der Waals surface area contributed by atoms with Gasteiger partial charge in [0.05, 0.1) is 7.11 Å². The van der Waals surface area contributed by atoms with Gasteiger partial charge in [-0.05, 0) is 48.4 Å². The molecule has 2 aromatic rings. The van der Waals surface area contributed by atoms with Crippen molar-refractivity contribution in [3.63, 3.8) is 0 Å². The van der Waals surface area contributed by atoms with Crippen LogP contribution in [-0.2, 0) is 4.79 Å². The molecule has 1 N–H and O–H groups in total. The van der Waals surface area contributed by atoms with Crippen molar-refractivity contribution in [3.05, 3.63) is 53.4 Å². The topological polar surface area (TPSA) is 56.8 Å². The summed E-state index contributed by atoms with van der Waals surface area (Å²) >= 11 is 0. The van der Waals surface area contributed by atoms with Gasteiger partial charge in [0, 0.05) is 11.8 Å². The highest BCUT2D eigenvalue weighted by atomic mass is 19.1. The van der Waals surface area contributed by atoms with Crippen LogP contribution in [0, 0.1) is 12.7 Å². The van der Waals surface area contributed by atoms with E-state index >= 15 is 0 Å². The van der Waals surface area contributed by atoms with Crippen molar-refractivity contribution in [1.82, 2.24) is 0 Å². The van der Waals surface area contributed by atoms with Gasteiger partial charge in [0.25, 0.3) is 0 Å². The Morgan fingerprint density at radius 2 is 2.04 bits per heavy atom. The molecule has 3 rings (SSSR count). The number of fused-ring (bicyclic) bond motifs is 1. The maximum absolute atomic E-state index is 13.5. The highest BCUT2D eigenvalue weighted by Crippen LogP contribution is 2.40. The predicted molar refractivity (Wildman–Crippen MR) is 92.8 cm³/mol. The number of nitrogens with one attached hydrogen (secondary N) is 1. The van der Waals surface area contributed by atoms with E-state index in [1.54, 1.807) is 44.4 Å². The first kappa shape index (κ1) is 16.8. The minimum absolute atomic E-state index is 0.363. The van der Waals surface area contributed by atoms with Gasteiger partial charge in [-0.1, -0.05) is 6.07 Å². The number of anilines is 1. The fraction of sp³-hybridized carbons (Fsp3) is 0.211. The number of amides is 1. The molecular weight excluding hydrogens is 325 g/mol. The molecule has 0 aromatic heterocycles. The summed E-state index contributed by atoms with van der Waals surface area (Å²) in [5.41, 5.74) is 1.65. The Bertz CT molecular complexity index is 815. The Labute approximate surface area is 145 Å². The summed E-state index contributed by atoms with van der Waals surface area (Å²) in [4.78, 5) is 12.0. The molecule has 0 atom stereocenters. The van der Waals surface area contributed by atoms with E-state index in [0.29, 0.717) is 41.7 Å². The van der Waals surface area contributed by atoms with Gasteiger partial charge in [-0.2, -0.15) is 0 Å². The van der Waals surface area contributed by atoms with E-state index in [1.165, 1.54) is 12.1 Å². The molecule has 0 spiro atoms. The number of halogens is 1. The van der Waals surface area contributed by atoms with E-state index in [0.717, 1.165) is 5.56 Å². The van der Waals surface area contributed by atoms with Gasteiger partial charge in [0.1, 0.15) is 19.0 Å². The second kappa shape index (κ2) is 7.25. The third-order valence-electron chi connectivity index (χ3n) is 3.72. The first-order chi connectivity index (χ1) is 12.1. The van der Waals surface area contributed by atoms with Crippen molar-refractivity contribution < 1.29 is 23.4 Å². The number of carbonyl (C=O) groups is 1. The Hall–Kier alpha value is -3.02. The number of hydrogen-bond acceptors (Lipinski definition) is 4. The Kier molecular flexibility index (Phi) is 4.88. The molecule has 25 heavy (non-hydrogen) atoms. The van der Waals surface area contributed by atoms with Gasteiger partial charge < -0.3 is 19.5 Å². The Balaban J connectivity index is 1.74. The molecule has 0 aliphatic carbocycles. The lowest BCUT2D eigenvalue weighted by molar-refractivity contribution is -0.111. The molecule has 1 amide bonds. The standard InChI is InChI=1S/C19H18FNO4/c1-12-3-5-14(11-15(12)20)21-18(22)6-4-13-9-16(23-2)19-17(10-13)24-7-8-25-19/h3-6,9-11H,7-8H2,1-2H3,(H,21,22). The SMILES string of the molecule is COc1cc(C=CC(=O)Nc2ccc(C)c(F)c2)cc2c1OCCO2. The van der Waals surface area contributed by atoms with Crippen molar-refractivity contribution in [2.75, 3.05) is 25.6 Å². The third-order valence-corrected chi connectivity index (χ3v) is 3.72. The van der Waals surface area contributed by atoms with E-state index in [-0.39, 0.29) is 11.7 Å². The van der Waals surface area contributed by atoms with Crippen LogP contribution in [0.15, 0.2) is 36.4 Å². The number of rotatable bonds is 4. The van der Waals surface area contributed by atoms with Crippen LogP contribution in [0.25, 0.3) is 6.08 Å². The van der Waals surface area contributed by atoms with Gasteiger partial charge in [-0.3, -0.25) is 4.79 Å². The average molecular weight is 343 g/mol. The monoisotopic (exact) mass is 343 g/mol. The molecule has 0 saturated carbocycles. The fourth-order valence-electron chi connectivity index (χ4n) is 2.42. The van der Waals surface area contributed by atoms with Gasteiger partial charge >= 0.3 is 0 Å². The van der Waals surface area contributed by atoms with Gasteiger partial charge in [0.2, 0.25) is 11.7 Å². The van der Waals surface area contributed by atoms with Crippen molar-refractivity contribution >= 4 is 17.7 Å². The predicted octanol–water partition coefficient (Wildman–Crippen LogP) is 3.57. The number of ether oxygens (including phenoxy) is 3. The number of aryl methyl sites for hydroxylation is 1. The fourth-order valence-corrected chi connectivity index (χ4v) is 2.42. The molecule has 130 valence electrons. The second-order valence-electron chi connectivity index (χ2n) is 5.53. The maximum Gasteiger partial charge on any atom is 0.248 e. The Morgan fingerprint density at radius 3 is 2.80 bits per heavy atom. The summed E-state index contributed by atoms with van der Waals surface area (Å²) in [5.74, 6) is 0.949. The first-order valence-electron chi connectivity index (χ1n) is 7.79. The smallest absolute Gasteiger partial charge is 0.248 e. The minimum Gasteiger partial charge on any atom is -0.493 e. The van der Waals surface area contributed by atoms with E-state index in [1.807, 2.05) is 0 Å². The molecular formula is C19H18FNO4. The van der Waals surface area contributed by atoms with Crippen molar-refractivity contribution in [2.24, 2.45) is 0 Å². The summed E-state index contributed by atoms with van der Waals surface area (Å²) in [5, 5.41) is 2.62. The normalized spacial score (nSPS) is 12.9. The zero-order chi connectivity index (χ0) is 17.8. The number of hydrogen-bond donors (Lipinski definition) is 1. The second-order valence-corrected chi connectivity index (χ2v) is 5.53. The maximum atomic E-state index is 13.5. The summed E-state index contributed by atoms with van der Waals surface area (Å²) < 4.78 is 29.9. The molecule has 1 aliphatic rings. The zero-order valence-corrected chi connectivity index (χ0v) is 14.0. The molecule has 0 fully saturated rings. The lowest BCUT2D eigenvalue weighted by Crippen LogP contribution is -2.16. The van der Waals surface area contributed by atoms with Gasteiger partial charge in [-0.25, -0.2) is 4.39 Å². The molecule has 6 heteroatoms. The quantitative estimate of drug-likeness (QED) is 0.863. The van der Waals surface area contributed by atoms with Gasteiger partial charge in [-0.15, -0.1) is 0 Å². The van der Waals surface area contributed by atoms with Crippen molar-refractivity contribution in [3.8, 4) is 17.2 Å². The minimum atomic E-state index is -0.364. The van der Waals surface area contributed by atoms with E-state index < -0.39 is 0 Å².